The lowest BCUT2D eigenvalue weighted by atomic mass is 9.85. The minimum atomic E-state index is -0.996. The number of nitrogen functional groups attached to an aromatic ring is 1. The molecule has 0 radical (unpaired) electrons. The first-order valence-electron chi connectivity index (χ1n) is 10.1. The third-order valence-electron chi connectivity index (χ3n) is 5.77. The van der Waals surface area contributed by atoms with E-state index in [-0.39, 0.29) is 30.1 Å². The van der Waals surface area contributed by atoms with E-state index in [1.54, 1.807) is 10.7 Å². The van der Waals surface area contributed by atoms with Crippen molar-refractivity contribution in [2.45, 2.75) is 32.7 Å². The largest absolute Gasteiger partial charge is 0.493 e. The van der Waals surface area contributed by atoms with Gasteiger partial charge >= 0.3 is 6.09 Å². The number of aromatic nitrogens is 4. The van der Waals surface area contributed by atoms with E-state index in [2.05, 4.69) is 21.1 Å². The lowest BCUT2D eigenvalue weighted by Gasteiger charge is -2.39. The van der Waals surface area contributed by atoms with Gasteiger partial charge in [-0.15, -0.1) is 0 Å². The minimum absolute atomic E-state index is 0.193. The summed E-state index contributed by atoms with van der Waals surface area (Å²) in [7, 11) is 0. The fourth-order valence-corrected chi connectivity index (χ4v) is 4.44. The second kappa shape index (κ2) is 8.16. The first-order chi connectivity index (χ1) is 15.3. The summed E-state index contributed by atoms with van der Waals surface area (Å²) in [5.41, 5.74) is 8.96. The van der Waals surface area contributed by atoms with E-state index in [9.17, 15) is 15.2 Å². The molecule has 1 amide bonds. The molecule has 1 aliphatic rings. The number of carboxylic acid groups (broad SMARTS) is 1. The smallest absolute Gasteiger partial charge is 0.407 e. The van der Waals surface area contributed by atoms with Crippen LogP contribution in [0.25, 0.3) is 11.0 Å². The SMILES string of the molecule is CCOc1c(C(C)n2nc(C)c3c(N)ncnc32)cc(Cl)c(C#N)c1C1CN(C(=O)O)C1. The average Bonchev–Trinajstić information content (AvgIpc) is 3.05. The summed E-state index contributed by atoms with van der Waals surface area (Å²) >= 11 is 6.53. The fraction of sp³-hybridized carbons (Fsp3) is 0.381. The van der Waals surface area contributed by atoms with Gasteiger partial charge in [0.05, 0.1) is 34.3 Å². The Balaban J connectivity index is 1.89. The molecule has 1 aromatic carbocycles. The molecular weight excluding hydrogens is 434 g/mol. The predicted octanol–water partition coefficient (Wildman–Crippen LogP) is 3.33. The number of halogens is 1. The standard InChI is InChI=1S/C21H22ClN7O3/c1-4-32-18-13(11(3)29-20-16(10(2)27-29)19(24)25-9-26-20)5-15(22)14(6-23)17(18)12-7-28(8-12)21(30)31/h5,9,11-12H,4,7-8H2,1-3H3,(H,30,31)(H2,24,25,26). The maximum atomic E-state index is 11.3. The maximum Gasteiger partial charge on any atom is 0.407 e. The van der Waals surface area contributed by atoms with Gasteiger partial charge in [-0.05, 0) is 26.8 Å². The number of aryl methyl sites for hydroxylation is 1. The summed E-state index contributed by atoms with van der Waals surface area (Å²) in [4.78, 5) is 21.0. The molecule has 0 saturated carbocycles. The highest BCUT2D eigenvalue weighted by Gasteiger charge is 2.37. The first kappa shape index (κ1) is 21.6. The molecule has 10 nitrogen and oxygen atoms in total. The van der Waals surface area contributed by atoms with Crippen molar-refractivity contribution in [1.82, 2.24) is 24.6 Å². The number of nitrogens with zero attached hydrogens (tertiary/aromatic N) is 6. The molecule has 3 N–H and O–H groups in total. The van der Waals surface area contributed by atoms with Gasteiger partial charge in [0, 0.05) is 30.1 Å². The molecule has 2 aromatic heterocycles. The second-order valence-electron chi connectivity index (χ2n) is 7.66. The topological polar surface area (TPSA) is 143 Å². The van der Waals surface area contributed by atoms with Crippen molar-refractivity contribution in [1.29, 1.82) is 5.26 Å². The van der Waals surface area contributed by atoms with Crippen LogP contribution < -0.4 is 10.5 Å². The van der Waals surface area contributed by atoms with E-state index < -0.39 is 6.09 Å². The molecule has 1 atom stereocenters. The number of benzene rings is 1. The highest BCUT2D eigenvalue weighted by atomic mass is 35.5. The van der Waals surface area contributed by atoms with Crippen LogP contribution in [0.1, 0.15) is 48.2 Å². The average molecular weight is 456 g/mol. The Hall–Kier alpha value is -3.58. The number of carbonyl (C=O) groups is 1. The van der Waals surface area contributed by atoms with Crippen LogP contribution in [0.3, 0.4) is 0 Å². The van der Waals surface area contributed by atoms with Gasteiger partial charge in [0.15, 0.2) is 5.65 Å². The van der Waals surface area contributed by atoms with Crippen molar-refractivity contribution in [2.24, 2.45) is 0 Å². The lowest BCUT2D eigenvalue weighted by Crippen LogP contribution is -2.48. The van der Waals surface area contributed by atoms with Gasteiger partial charge in [0.1, 0.15) is 24.0 Å². The molecule has 4 rings (SSSR count). The molecule has 166 valence electrons. The van der Waals surface area contributed by atoms with Crippen LogP contribution in [0.15, 0.2) is 12.4 Å². The van der Waals surface area contributed by atoms with Gasteiger partial charge < -0.3 is 20.5 Å². The Morgan fingerprint density at radius 2 is 2.19 bits per heavy atom. The zero-order valence-electron chi connectivity index (χ0n) is 17.8. The third-order valence-corrected chi connectivity index (χ3v) is 6.07. The number of anilines is 1. The number of likely N-dealkylation sites (tertiary alicyclic amines) is 1. The van der Waals surface area contributed by atoms with Crippen molar-refractivity contribution in [3.8, 4) is 11.8 Å². The van der Waals surface area contributed by atoms with Crippen LogP contribution in [0.2, 0.25) is 5.02 Å². The zero-order chi connectivity index (χ0) is 23.2. The van der Waals surface area contributed by atoms with Crippen LogP contribution >= 0.6 is 11.6 Å². The highest BCUT2D eigenvalue weighted by Crippen LogP contribution is 2.44. The zero-order valence-corrected chi connectivity index (χ0v) is 18.6. The van der Waals surface area contributed by atoms with Gasteiger partial charge in [0.2, 0.25) is 0 Å². The van der Waals surface area contributed by atoms with Gasteiger partial charge in [-0.1, -0.05) is 11.6 Å². The van der Waals surface area contributed by atoms with E-state index in [0.717, 1.165) is 5.56 Å². The Labute approximate surface area is 189 Å². The predicted molar refractivity (Wildman–Crippen MR) is 118 cm³/mol. The number of hydrogen-bond acceptors (Lipinski definition) is 7. The number of rotatable bonds is 5. The van der Waals surface area contributed by atoms with E-state index >= 15 is 0 Å². The van der Waals surface area contributed by atoms with Crippen molar-refractivity contribution in [3.05, 3.63) is 39.8 Å². The Morgan fingerprint density at radius 3 is 2.81 bits per heavy atom. The van der Waals surface area contributed by atoms with Crippen LogP contribution in [-0.4, -0.2) is 55.5 Å². The van der Waals surface area contributed by atoms with Crippen molar-refractivity contribution < 1.29 is 14.6 Å². The van der Waals surface area contributed by atoms with E-state index in [4.69, 9.17) is 22.1 Å². The molecule has 1 fully saturated rings. The Morgan fingerprint density at radius 1 is 1.47 bits per heavy atom. The number of nitriles is 1. The number of amides is 1. The van der Waals surface area contributed by atoms with Crippen molar-refractivity contribution >= 4 is 34.5 Å². The molecule has 11 heteroatoms. The normalized spacial score (nSPS) is 14.8. The molecule has 32 heavy (non-hydrogen) atoms. The monoisotopic (exact) mass is 455 g/mol. The molecule has 0 aliphatic carbocycles. The molecule has 1 aliphatic heterocycles. The summed E-state index contributed by atoms with van der Waals surface area (Å²) in [6, 6.07) is 3.51. The molecule has 3 aromatic rings. The van der Waals surface area contributed by atoms with E-state index in [1.807, 2.05) is 20.8 Å². The molecule has 0 bridgehead atoms. The summed E-state index contributed by atoms with van der Waals surface area (Å²) in [5, 5.41) is 24.6. The third kappa shape index (κ3) is 3.35. The summed E-state index contributed by atoms with van der Waals surface area (Å²) in [5.74, 6) is 0.679. The molecular formula is C21H22ClN7O3. The number of hydrogen-bond donors (Lipinski definition) is 2. The Bertz CT molecular complexity index is 1260. The van der Waals surface area contributed by atoms with Crippen LogP contribution in [0, 0.1) is 18.3 Å². The molecule has 3 heterocycles. The fourth-order valence-electron chi connectivity index (χ4n) is 4.18. The van der Waals surface area contributed by atoms with Crippen LogP contribution in [-0.2, 0) is 0 Å². The summed E-state index contributed by atoms with van der Waals surface area (Å²) < 4.78 is 7.76. The van der Waals surface area contributed by atoms with E-state index in [0.29, 0.717) is 46.0 Å². The Kier molecular flexibility index (Phi) is 5.52. The van der Waals surface area contributed by atoms with Crippen molar-refractivity contribution in [2.75, 3.05) is 25.4 Å². The number of ether oxygens (including phenoxy) is 1. The van der Waals surface area contributed by atoms with Gasteiger partial charge in [-0.3, -0.25) is 0 Å². The summed E-state index contributed by atoms with van der Waals surface area (Å²) in [6.45, 7) is 6.52. The molecule has 1 saturated heterocycles. The van der Waals surface area contributed by atoms with Crippen LogP contribution in [0.5, 0.6) is 5.75 Å². The maximum absolute atomic E-state index is 11.3. The lowest BCUT2D eigenvalue weighted by molar-refractivity contribution is 0.104. The van der Waals surface area contributed by atoms with Crippen LogP contribution in [0.4, 0.5) is 10.6 Å². The number of fused-ring (bicyclic) bond motifs is 1. The quantitative estimate of drug-likeness (QED) is 0.596. The molecule has 0 spiro atoms. The number of nitrogens with two attached hydrogens (primary N) is 1. The van der Waals surface area contributed by atoms with Gasteiger partial charge in [0.25, 0.3) is 0 Å². The summed E-state index contributed by atoms with van der Waals surface area (Å²) in [6.07, 6.45) is 0.390. The highest BCUT2D eigenvalue weighted by molar-refractivity contribution is 6.32. The molecule has 1 unspecified atom stereocenters. The first-order valence-corrected chi connectivity index (χ1v) is 10.5. The van der Waals surface area contributed by atoms with E-state index in [1.165, 1.54) is 11.2 Å². The van der Waals surface area contributed by atoms with Gasteiger partial charge in [-0.25, -0.2) is 19.4 Å². The second-order valence-corrected chi connectivity index (χ2v) is 8.07. The minimum Gasteiger partial charge on any atom is -0.493 e. The van der Waals surface area contributed by atoms with Crippen molar-refractivity contribution in [3.63, 3.8) is 0 Å². The van der Waals surface area contributed by atoms with Gasteiger partial charge in [-0.2, -0.15) is 10.4 Å².